The SMILES string of the molecule is CCOC(=O)C(CC(=O)N1CCC(Cn2c(C)nc3cnccc32)CC1)(c1ccccc1)c1ccccc1. The van der Waals surface area contributed by atoms with E-state index < -0.39 is 11.4 Å². The highest BCUT2D eigenvalue weighted by atomic mass is 16.5. The van der Waals surface area contributed by atoms with Crippen molar-refractivity contribution in [2.75, 3.05) is 19.7 Å². The van der Waals surface area contributed by atoms with Crippen LogP contribution in [0.1, 0.15) is 43.1 Å². The van der Waals surface area contributed by atoms with Crippen molar-refractivity contribution < 1.29 is 14.3 Å². The molecule has 7 nitrogen and oxygen atoms in total. The summed E-state index contributed by atoms with van der Waals surface area (Å²) in [4.78, 5) is 38.2. The van der Waals surface area contributed by atoms with E-state index in [1.54, 1.807) is 19.3 Å². The number of aryl methyl sites for hydroxylation is 1. The Morgan fingerprint density at radius 1 is 0.974 bits per heavy atom. The standard InChI is InChI=1S/C31H34N4O3/c1-3-38-30(37)31(25-10-6-4-7-11-25,26-12-8-5-9-13-26)20-29(36)34-18-15-24(16-19-34)22-35-23(2)33-27-21-32-17-14-28(27)35/h4-14,17,21,24H,3,15-16,18-20,22H2,1-2H3. The molecule has 1 fully saturated rings. The molecule has 5 rings (SSSR count). The van der Waals surface area contributed by atoms with Gasteiger partial charge in [-0.3, -0.25) is 14.6 Å². The Labute approximate surface area is 223 Å². The average Bonchev–Trinajstić information content (AvgIpc) is 3.27. The van der Waals surface area contributed by atoms with Crippen LogP contribution in [0.15, 0.2) is 79.1 Å². The van der Waals surface area contributed by atoms with Crippen molar-refractivity contribution in [1.82, 2.24) is 19.4 Å². The van der Waals surface area contributed by atoms with Gasteiger partial charge in [0.2, 0.25) is 5.91 Å². The highest BCUT2D eigenvalue weighted by Crippen LogP contribution is 2.38. The van der Waals surface area contributed by atoms with Gasteiger partial charge in [-0.1, -0.05) is 60.7 Å². The van der Waals surface area contributed by atoms with Gasteiger partial charge in [0.05, 0.1) is 24.7 Å². The first-order valence-corrected chi connectivity index (χ1v) is 13.4. The first-order valence-electron chi connectivity index (χ1n) is 13.4. The number of carbonyl (C=O) groups is 2. The molecule has 0 aliphatic carbocycles. The van der Waals surface area contributed by atoms with Crippen LogP contribution < -0.4 is 0 Å². The summed E-state index contributed by atoms with van der Waals surface area (Å²) in [6.07, 6.45) is 5.44. The minimum Gasteiger partial charge on any atom is -0.465 e. The summed E-state index contributed by atoms with van der Waals surface area (Å²) in [5, 5.41) is 0. The molecular weight excluding hydrogens is 476 g/mol. The number of fused-ring (bicyclic) bond motifs is 1. The van der Waals surface area contributed by atoms with E-state index in [9.17, 15) is 9.59 Å². The second-order valence-corrected chi connectivity index (χ2v) is 9.99. The lowest BCUT2D eigenvalue weighted by atomic mass is 9.71. The molecule has 2 aromatic heterocycles. The number of pyridine rings is 1. The summed E-state index contributed by atoms with van der Waals surface area (Å²) in [6.45, 7) is 6.28. The van der Waals surface area contributed by atoms with Gasteiger partial charge < -0.3 is 14.2 Å². The molecule has 0 radical (unpaired) electrons. The third-order valence-electron chi connectivity index (χ3n) is 7.72. The Balaban J connectivity index is 1.35. The minimum atomic E-state index is -1.20. The Morgan fingerprint density at radius 2 is 1.61 bits per heavy atom. The molecule has 0 atom stereocenters. The maximum absolute atomic E-state index is 13.8. The summed E-state index contributed by atoms with van der Waals surface area (Å²) in [5.74, 6) is 1.01. The first-order chi connectivity index (χ1) is 18.5. The third kappa shape index (κ3) is 4.93. The summed E-state index contributed by atoms with van der Waals surface area (Å²) in [6, 6.07) is 21.1. The second-order valence-electron chi connectivity index (χ2n) is 9.99. The van der Waals surface area contributed by atoms with Crippen molar-refractivity contribution in [3.05, 3.63) is 96.1 Å². The zero-order valence-electron chi connectivity index (χ0n) is 22.0. The fourth-order valence-electron chi connectivity index (χ4n) is 5.67. The van der Waals surface area contributed by atoms with E-state index >= 15 is 0 Å². The van der Waals surface area contributed by atoms with Gasteiger partial charge in [0.15, 0.2) is 0 Å². The highest BCUT2D eigenvalue weighted by Gasteiger charge is 2.46. The van der Waals surface area contributed by atoms with Crippen LogP contribution in [0.4, 0.5) is 0 Å². The van der Waals surface area contributed by atoms with Gasteiger partial charge in [0.25, 0.3) is 0 Å². The molecule has 0 unspecified atom stereocenters. The van der Waals surface area contributed by atoms with E-state index in [0.717, 1.165) is 47.4 Å². The number of amides is 1. The molecule has 196 valence electrons. The Kier molecular flexibility index (Phi) is 7.54. The molecule has 3 heterocycles. The van der Waals surface area contributed by atoms with E-state index in [4.69, 9.17) is 4.74 Å². The molecule has 38 heavy (non-hydrogen) atoms. The number of imidazole rings is 1. The van der Waals surface area contributed by atoms with Gasteiger partial charge in [0, 0.05) is 25.8 Å². The van der Waals surface area contributed by atoms with Gasteiger partial charge in [-0.15, -0.1) is 0 Å². The molecule has 7 heteroatoms. The number of esters is 1. The zero-order valence-corrected chi connectivity index (χ0v) is 22.0. The monoisotopic (exact) mass is 510 g/mol. The van der Waals surface area contributed by atoms with Crippen molar-refractivity contribution >= 4 is 22.9 Å². The second kappa shape index (κ2) is 11.2. The molecule has 4 aromatic rings. The largest absolute Gasteiger partial charge is 0.465 e. The number of ether oxygens (including phenoxy) is 1. The van der Waals surface area contributed by atoms with Crippen LogP contribution in [0.3, 0.4) is 0 Å². The molecular formula is C31H34N4O3. The van der Waals surface area contributed by atoms with Crippen LogP contribution >= 0.6 is 0 Å². The van der Waals surface area contributed by atoms with E-state index in [1.165, 1.54) is 0 Å². The van der Waals surface area contributed by atoms with Crippen LogP contribution in [0, 0.1) is 12.8 Å². The lowest BCUT2D eigenvalue weighted by Gasteiger charge is -2.37. The number of nitrogens with zero attached hydrogens (tertiary/aromatic N) is 4. The first kappa shape index (κ1) is 25.6. The van der Waals surface area contributed by atoms with E-state index in [0.29, 0.717) is 19.0 Å². The number of piperidine rings is 1. The number of benzene rings is 2. The van der Waals surface area contributed by atoms with Crippen LogP contribution in [-0.2, 0) is 26.3 Å². The lowest BCUT2D eigenvalue weighted by molar-refractivity contribution is -0.152. The highest BCUT2D eigenvalue weighted by molar-refractivity contribution is 5.94. The third-order valence-corrected chi connectivity index (χ3v) is 7.72. The maximum atomic E-state index is 13.8. The normalized spacial score (nSPS) is 14.5. The topological polar surface area (TPSA) is 77.3 Å². The summed E-state index contributed by atoms with van der Waals surface area (Å²) in [5.41, 5.74) is 2.35. The molecule has 0 N–H and O–H groups in total. The van der Waals surface area contributed by atoms with Crippen molar-refractivity contribution in [3.63, 3.8) is 0 Å². The molecule has 1 saturated heterocycles. The molecule has 0 saturated carbocycles. The van der Waals surface area contributed by atoms with Crippen molar-refractivity contribution in [2.45, 2.75) is 45.1 Å². The Bertz CT molecular complexity index is 1350. The molecule has 1 aliphatic rings. The number of likely N-dealkylation sites (tertiary alicyclic amines) is 1. The average molecular weight is 511 g/mol. The zero-order chi connectivity index (χ0) is 26.5. The Morgan fingerprint density at radius 3 is 2.21 bits per heavy atom. The molecule has 1 amide bonds. The Hall–Kier alpha value is -4.00. The summed E-state index contributed by atoms with van der Waals surface area (Å²) in [7, 11) is 0. The number of aromatic nitrogens is 3. The van der Waals surface area contributed by atoms with Crippen LogP contribution in [0.2, 0.25) is 0 Å². The fourth-order valence-corrected chi connectivity index (χ4v) is 5.67. The molecule has 1 aliphatic heterocycles. The van der Waals surface area contributed by atoms with Gasteiger partial charge in [-0.2, -0.15) is 0 Å². The van der Waals surface area contributed by atoms with Crippen molar-refractivity contribution in [3.8, 4) is 0 Å². The van der Waals surface area contributed by atoms with E-state index in [1.807, 2.05) is 78.6 Å². The fraction of sp³-hybridized carbons (Fsp3) is 0.355. The van der Waals surface area contributed by atoms with E-state index in [2.05, 4.69) is 14.5 Å². The van der Waals surface area contributed by atoms with Crippen molar-refractivity contribution in [2.24, 2.45) is 5.92 Å². The van der Waals surface area contributed by atoms with Crippen LogP contribution in [-0.4, -0.2) is 51.0 Å². The molecule has 0 bridgehead atoms. The predicted molar refractivity (Wildman–Crippen MR) is 146 cm³/mol. The van der Waals surface area contributed by atoms with E-state index in [-0.39, 0.29) is 18.9 Å². The van der Waals surface area contributed by atoms with Gasteiger partial charge in [0.1, 0.15) is 16.8 Å². The van der Waals surface area contributed by atoms with Crippen molar-refractivity contribution in [1.29, 1.82) is 0 Å². The predicted octanol–water partition coefficient (Wildman–Crippen LogP) is 4.92. The number of carbonyl (C=O) groups excluding carboxylic acids is 2. The number of hydrogen-bond donors (Lipinski definition) is 0. The minimum absolute atomic E-state index is 0.0282. The van der Waals surface area contributed by atoms with Crippen LogP contribution in [0.25, 0.3) is 11.0 Å². The quantitative estimate of drug-likeness (QED) is 0.315. The van der Waals surface area contributed by atoms with Crippen LogP contribution in [0.5, 0.6) is 0 Å². The molecule has 0 spiro atoms. The number of rotatable bonds is 8. The van der Waals surface area contributed by atoms with Gasteiger partial charge >= 0.3 is 5.97 Å². The summed E-state index contributed by atoms with van der Waals surface area (Å²) >= 11 is 0. The van der Waals surface area contributed by atoms with Gasteiger partial charge in [-0.05, 0) is 49.8 Å². The van der Waals surface area contributed by atoms with Gasteiger partial charge in [-0.25, -0.2) is 4.98 Å². The number of hydrogen-bond acceptors (Lipinski definition) is 5. The smallest absolute Gasteiger partial charge is 0.321 e. The summed E-state index contributed by atoms with van der Waals surface area (Å²) < 4.78 is 7.86. The molecule has 2 aromatic carbocycles. The lowest BCUT2D eigenvalue weighted by Crippen LogP contribution is -2.46. The maximum Gasteiger partial charge on any atom is 0.321 e.